The third-order valence-corrected chi connectivity index (χ3v) is 3.55. The second kappa shape index (κ2) is 5.69. The standard InChI is InChI=1S/C15H13F3N2O3/c1-3-9(4-13-8(2)21-7-22-13)11-5-10(15(16,17)18)6-12-14(11)20-23-19-12/h3-6,8H,7H2,1-2H3/b9-3+,13-4+. The van der Waals surface area contributed by atoms with Gasteiger partial charge in [0.15, 0.2) is 6.79 Å². The molecule has 122 valence electrons. The fraction of sp³-hybridized carbons (Fsp3) is 0.333. The summed E-state index contributed by atoms with van der Waals surface area (Å²) >= 11 is 0. The molecule has 1 atom stereocenters. The van der Waals surface area contributed by atoms with Crippen LogP contribution in [0.2, 0.25) is 0 Å². The van der Waals surface area contributed by atoms with Crippen molar-refractivity contribution in [3.8, 4) is 0 Å². The number of benzene rings is 1. The summed E-state index contributed by atoms with van der Waals surface area (Å²) in [4.78, 5) is 0. The van der Waals surface area contributed by atoms with Crippen LogP contribution in [-0.2, 0) is 15.7 Å². The van der Waals surface area contributed by atoms with Crippen LogP contribution in [0, 0.1) is 0 Å². The number of halogens is 3. The highest BCUT2D eigenvalue weighted by Gasteiger charge is 2.32. The number of fused-ring (bicyclic) bond motifs is 1. The van der Waals surface area contributed by atoms with Gasteiger partial charge < -0.3 is 9.47 Å². The van der Waals surface area contributed by atoms with Crippen molar-refractivity contribution in [2.24, 2.45) is 0 Å². The largest absolute Gasteiger partial charge is 0.469 e. The van der Waals surface area contributed by atoms with Gasteiger partial charge in [-0.05, 0) is 47.9 Å². The minimum Gasteiger partial charge on any atom is -0.469 e. The summed E-state index contributed by atoms with van der Waals surface area (Å²) in [6, 6.07) is 1.94. The molecule has 0 radical (unpaired) electrons. The molecule has 1 saturated heterocycles. The highest BCUT2D eigenvalue weighted by atomic mass is 19.4. The molecule has 1 aliphatic heterocycles. The van der Waals surface area contributed by atoms with Crippen LogP contribution >= 0.6 is 0 Å². The van der Waals surface area contributed by atoms with Gasteiger partial charge in [0.2, 0.25) is 0 Å². The molecule has 0 saturated carbocycles. The number of hydrogen-bond donors (Lipinski definition) is 0. The van der Waals surface area contributed by atoms with Crippen molar-refractivity contribution in [1.29, 1.82) is 0 Å². The maximum atomic E-state index is 13.1. The van der Waals surface area contributed by atoms with Crippen molar-refractivity contribution in [3.05, 3.63) is 41.2 Å². The minimum atomic E-state index is -4.49. The zero-order valence-electron chi connectivity index (χ0n) is 12.3. The number of alkyl halides is 3. The second-order valence-corrected chi connectivity index (χ2v) is 5.02. The predicted octanol–water partition coefficient (Wildman–Crippen LogP) is 3.92. The summed E-state index contributed by atoms with van der Waals surface area (Å²) in [7, 11) is 0. The lowest BCUT2D eigenvalue weighted by atomic mass is 9.99. The lowest BCUT2D eigenvalue weighted by molar-refractivity contribution is -0.137. The summed E-state index contributed by atoms with van der Waals surface area (Å²) in [6.07, 6.45) is -1.44. The molecule has 2 aromatic rings. The summed E-state index contributed by atoms with van der Waals surface area (Å²) in [5.41, 5.74) is 0.279. The smallest absolute Gasteiger partial charge is 0.416 e. The molecule has 2 heterocycles. The van der Waals surface area contributed by atoms with Crippen LogP contribution in [0.3, 0.4) is 0 Å². The Labute approximate surface area is 129 Å². The van der Waals surface area contributed by atoms with Crippen LogP contribution in [0.5, 0.6) is 0 Å². The molecule has 0 bridgehead atoms. The van der Waals surface area contributed by atoms with E-state index in [9.17, 15) is 13.2 Å². The Kier molecular flexibility index (Phi) is 3.85. The van der Waals surface area contributed by atoms with Gasteiger partial charge >= 0.3 is 6.18 Å². The van der Waals surface area contributed by atoms with E-state index in [1.165, 1.54) is 0 Å². The maximum Gasteiger partial charge on any atom is 0.416 e. The highest BCUT2D eigenvalue weighted by Crippen LogP contribution is 2.35. The normalized spacial score (nSPS) is 21.2. The van der Waals surface area contributed by atoms with Crippen molar-refractivity contribution < 1.29 is 27.3 Å². The van der Waals surface area contributed by atoms with E-state index in [0.717, 1.165) is 12.1 Å². The Hall–Kier alpha value is -2.35. The van der Waals surface area contributed by atoms with Gasteiger partial charge in [-0.2, -0.15) is 13.2 Å². The molecule has 0 aliphatic carbocycles. The molecule has 1 aliphatic rings. The van der Waals surface area contributed by atoms with E-state index in [4.69, 9.17) is 9.47 Å². The lowest BCUT2D eigenvalue weighted by Gasteiger charge is -2.10. The van der Waals surface area contributed by atoms with E-state index in [1.54, 1.807) is 26.0 Å². The first kappa shape index (κ1) is 15.5. The Bertz CT molecular complexity index is 793. The molecular weight excluding hydrogens is 313 g/mol. The zero-order chi connectivity index (χ0) is 16.6. The molecule has 23 heavy (non-hydrogen) atoms. The number of ether oxygens (including phenoxy) is 2. The SMILES string of the molecule is C/C=C(\C=C1\OCOC1C)c1cc(C(F)(F)F)cc2nonc12. The average Bonchev–Trinajstić information content (AvgIpc) is 3.11. The van der Waals surface area contributed by atoms with Crippen molar-refractivity contribution in [1.82, 2.24) is 10.3 Å². The van der Waals surface area contributed by atoms with Crippen LogP contribution in [-0.4, -0.2) is 23.2 Å². The number of nitrogens with zero attached hydrogens (tertiary/aromatic N) is 2. The zero-order valence-corrected chi connectivity index (χ0v) is 12.3. The fourth-order valence-corrected chi connectivity index (χ4v) is 2.31. The molecule has 1 aromatic carbocycles. The minimum absolute atomic E-state index is 0.0456. The molecule has 0 amide bonds. The Morgan fingerprint density at radius 2 is 2.09 bits per heavy atom. The molecule has 0 N–H and O–H groups in total. The van der Waals surface area contributed by atoms with E-state index in [1.807, 2.05) is 0 Å². The van der Waals surface area contributed by atoms with Crippen molar-refractivity contribution in [3.63, 3.8) is 0 Å². The Balaban J connectivity index is 2.15. The van der Waals surface area contributed by atoms with E-state index >= 15 is 0 Å². The second-order valence-electron chi connectivity index (χ2n) is 5.02. The van der Waals surface area contributed by atoms with Gasteiger partial charge in [0.1, 0.15) is 22.9 Å². The van der Waals surface area contributed by atoms with Crippen LogP contribution in [0.1, 0.15) is 25.0 Å². The monoisotopic (exact) mass is 326 g/mol. The third kappa shape index (κ3) is 2.94. The molecular formula is C15H13F3N2O3. The van der Waals surface area contributed by atoms with Crippen LogP contribution in [0.4, 0.5) is 13.2 Å². The van der Waals surface area contributed by atoms with Gasteiger partial charge in [0.25, 0.3) is 0 Å². The third-order valence-electron chi connectivity index (χ3n) is 3.55. The van der Waals surface area contributed by atoms with Crippen LogP contribution in [0.15, 0.2) is 34.7 Å². The van der Waals surface area contributed by atoms with Crippen molar-refractivity contribution >= 4 is 16.6 Å². The highest BCUT2D eigenvalue weighted by molar-refractivity contribution is 5.92. The molecule has 5 nitrogen and oxygen atoms in total. The Morgan fingerprint density at radius 1 is 1.30 bits per heavy atom. The van der Waals surface area contributed by atoms with Gasteiger partial charge in [-0.25, -0.2) is 4.63 Å². The predicted molar refractivity (Wildman–Crippen MR) is 75.0 cm³/mol. The van der Waals surface area contributed by atoms with Gasteiger partial charge in [-0.3, -0.25) is 0 Å². The van der Waals surface area contributed by atoms with E-state index in [2.05, 4.69) is 14.9 Å². The van der Waals surface area contributed by atoms with E-state index in [-0.39, 0.29) is 29.5 Å². The maximum absolute atomic E-state index is 13.1. The first-order valence-electron chi connectivity index (χ1n) is 6.86. The fourth-order valence-electron chi connectivity index (χ4n) is 2.31. The molecule has 1 fully saturated rings. The van der Waals surface area contributed by atoms with Crippen LogP contribution < -0.4 is 0 Å². The molecule has 8 heteroatoms. The van der Waals surface area contributed by atoms with Gasteiger partial charge in [-0.1, -0.05) is 6.08 Å². The van der Waals surface area contributed by atoms with Gasteiger partial charge in [0.05, 0.1) is 5.56 Å². The van der Waals surface area contributed by atoms with E-state index in [0.29, 0.717) is 11.3 Å². The molecule has 1 unspecified atom stereocenters. The molecule has 3 rings (SSSR count). The average molecular weight is 326 g/mol. The topological polar surface area (TPSA) is 57.4 Å². The molecule has 1 aromatic heterocycles. The van der Waals surface area contributed by atoms with E-state index < -0.39 is 11.7 Å². The summed E-state index contributed by atoms with van der Waals surface area (Å²) < 4.78 is 54.4. The van der Waals surface area contributed by atoms with Crippen molar-refractivity contribution in [2.45, 2.75) is 26.1 Å². The van der Waals surface area contributed by atoms with Gasteiger partial charge in [0, 0.05) is 5.56 Å². The van der Waals surface area contributed by atoms with Crippen molar-refractivity contribution in [2.75, 3.05) is 6.79 Å². The first-order chi connectivity index (χ1) is 10.9. The Morgan fingerprint density at radius 3 is 2.70 bits per heavy atom. The number of allylic oxidation sites excluding steroid dienone is 3. The van der Waals surface area contributed by atoms with Crippen LogP contribution in [0.25, 0.3) is 16.6 Å². The summed E-state index contributed by atoms with van der Waals surface area (Å²) in [6.45, 7) is 3.63. The number of hydrogen-bond acceptors (Lipinski definition) is 5. The summed E-state index contributed by atoms with van der Waals surface area (Å²) in [5.74, 6) is 0.542. The quantitative estimate of drug-likeness (QED) is 0.837. The summed E-state index contributed by atoms with van der Waals surface area (Å²) in [5, 5.41) is 7.24. The van der Waals surface area contributed by atoms with Gasteiger partial charge in [-0.15, -0.1) is 0 Å². The number of aromatic nitrogens is 2. The number of rotatable bonds is 2. The lowest BCUT2D eigenvalue weighted by Crippen LogP contribution is -2.06. The first-order valence-corrected chi connectivity index (χ1v) is 6.86. The molecule has 0 spiro atoms.